The molecule has 0 aliphatic carbocycles. The van der Waals surface area contributed by atoms with Gasteiger partial charge in [0, 0.05) is 26.2 Å². The van der Waals surface area contributed by atoms with Gasteiger partial charge >= 0.3 is 12.1 Å². The summed E-state index contributed by atoms with van der Waals surface area (Å²) < 4.78 is 5.36. The fraction of sp³-hybridized carbons (Fsp3) is 0.529. The van der Waals surface area contributed by atoms with Crippen LogP contribution in [0.25, 0.3) is 0 Å². The highest BCUT2D eigenvalue weighted by Crippen LogP contribution is 2.23. The fourth-order valence-electron chi connectivity index (χ4n) is 2.63. The minimum Gasteiger partial charge on any atom is -0.480 e. The Bertz CT molecular complexity index is 545. The molecule has 6 heteroatoms. The summed E-state index contributed by atoms with van der Waals surface area (Å²) >= 11 is 0. The molecule has 2 rings (SSSR count). The molecule has 1 amide bonds. The van der Waals surface area contributed by atoms with Gasteiger partial charge in [0.2, 0.25) is 0 Å². The number of carboxylic acids is 1. The number of carbonyl (C=O) groups excluding carboxylic acids is 1. The Kier molecular flexibility index (Phi) is 5.26. The smallest absolute Gasteiger partial charge is 0.410 e. The largest absolute Gasteiger partial charge is 0.480 e. The van der Waals surface area contributed by atoms with Crippen LogP contribution >= 0.6 is 0 Å². The lowest BCUT2D eigenvalue weighted by Crippen LogP contribution is -2.51. The summed E-state index contributed by atoms with van der Waals surface area (Å²) in [6.45, 7) is 7.43. The van der Waals surface area contributed by atoms with Crippen LogP contribution in [0.1, 0.15) is 32.4 Å². The van der Waals surface area contributed by atoms with E-state index in [-0.39, 0.29) is 6.09 Å². The summed E-state index contributed by atoms with van der Waals surface area (Å²) in [6, 6.07) is 8.49. The predicted octanol–water partition coefficient (Wildman–Crippen LogP) is 2.37. The van der Waals surface area contributed by atoms with Gasteiger partial charge < -0.3 is 14.7 Å². The number of rotatable bonds is 3. The molecule has 1 unspecified atom stereocenters. The third kappa shape index (κ3) is 4.69. The number of amides is 1. The first-order valence-electron chi connectivity index (χ1n) is 7.77. The number of carbonyl (C=O) groups is 2. The maximum atomic E-state index is 12.1. The van der Waals surface area contributed by atoms with Crippen molar-refractivity contribution in [2.75, 3.05) is 26.2 Å². The van der Waals surface area contributed by atoms with Crippen molar-refractivity contribution in [2.45, 2.75) is 32.4 Å². The molecule has 1 N–H and O–H groups in total. The van der Waals surface area contributed by atoms with Crippen molar-refractivity contribution in [3.8, 4) is 0 Å². The van der Waals surface area contributed by atoms with Crippen LogP contribution in [0, 0.1) is 0 Å². The predicted molar refractivity (Wildman–Crippen MR) is 86.2 cm³/mol. The zero-order chi connectivity index (χ0) is 17.0. The third-order valence-corrected chi connectivity index (χ3v) is 3.68. The third-order valence-electron chi connectivity index (χ3n) is 3.68. The van der Waals surface area contributed by atoms with E-state index in [1.165, 1.54) is 0 Å². The zero-order valence-electron chi connectivity index (χ0n) is 13.9. The minimum atomic E-state index is -0.873. The van der Waals surface area contributed by atoms with Gasteiger partial charge in [-0.05, 0) is 26.3 Å². The lowest BCUT2D eigenvalue weighted by Gasteiger charge is -2.38. The van der Waals surface area contributed by atoms with Gasteiger partial charge in [-0.1, -0.05) is 30.3 Å². The molecule has 0 radical (unpaired) electrons. The fourth-order valence-corrected chi connectivity index (χ4v) is 2.63. The summed E-state index contributed by atoms with van der Waals surface area (Å²) in [5.74, 6) is -0.873. The van der Waals surface area contributed by atoms with Gasteiger partial charge in [0.1, 0.15) is 11.6 Å². The standard InChI is InChI=1S/C17H24N2O4/c1-17(2,3)23-16(22)19-11-9-18(10-12-19)14(15(20)21)13-7-5-4-6-8-13/h4-8,14H,9-12H2,1-3H3,(H,20,21). The van der Waals surface area contributed by atoms with Gasteiger partial charge in [0.25, 0.3) is 0 Å². The molecule has 1 heterocycles. The van der Waals surface area contributed by atoms with Gasteiger partial charge in [-0.15, -0.1) is 0 Å². The van der Waals surface area contributed by atoms with E-state index in [0.29, 0.717) is 26.2 Å². The highest BCUT2D eigenvalue weighted by molar-refractivity contribution is 5.75. The maximum Gasteiger partial charge on any atom is 0.410 e. The number of ether oxygens (including phenoxy) is 1. The normalized spacial score (nSPS) is 17.6. The summed E-state index contributed by atoms with van der Waals surface area (Å²) in [5.41, 5.74) is 0.229. The van der Waals surface area contributed by atoms with Crippen LogP contribution in [0.3, 0.4) is 0 Å². The molecule has 6 nitrogen and oxygen atoms in total. The number of hydrogen-bond donors (Lipinski definition) is 1. The van der Waals surface area contributed by atoms with Crippen molar-refractivity contribution >= 4 is 12.1 Å². The Morgan fingerprint density at radius 1 is 1.09 bits per heavy atom. The molecule has 0 bridgehead atoms. The van der Waals surface area contributed by atoms with E-state index >= 15 is 0 Å². The Hall–Kier alpha value is -2.08. The van der Waals surface area contributed by atoms with Crippen molar-refractivity contribution in [3.63, 3.8) is 0 Å². The second-order valence-electron chi connectivity index (χ2n) is 6.65. The Morgan fingerprint density at radius 2 is 1.65 bits per heavy atom. The zero-order valence-corrected chi connectivity index (χ0v) is 13.9. The van der Waals surface area contributed by atoms with Gasteiger partial charge in [-0.3, -0.25) is 9.69 Å². The number of benzene rings is 1. The van der Waals surface area contributed by atoms with Crippen molar-refractivity contribution in [3.05, 3.63) is 35.9 Å². The highest BCUT2D eigenvalue weighted by atomic mass is 16.6. The quantitative estimate of drug-likeness (QED) is 0.926. The van der Waals surface area contributed by atoms with Crippen molar-refractivity contribution in [1.82, 2.24) is 9.80 Å². The van der Waals surface area contributed by atoms with Crippen LogP contribution in [0.15, 0.2) is 30.3 Å². The number of carboxylic acid groups (broad SMARTS) is 1. The first-order valence-corrected chi connectivity index (χ1v) is 7.77. The second-order valence-corrected chi connectivity index (χ2v) is 6.65. The summed E-state index contributed by atoms with van der Waals surface area (Å²) in [4.78, 5) is 27.2. The van der Waals surface area contributed by atoms with E-state index in [9.17, 15) is 14.7 Å². The van der Waals surface area contributed by atoms with E-state index < -0.39 is 17.6 Å². The number of aliphatic carboxylic acids is 1. The molecule has 0 spiro atoms. The molecule has 0 aromatic heterocycles. The molecule has 1 saturated heterocycles. The van der Waals surface area contributed by atoms with E-state index in [0.717, 1.165) is 5.56 Å². The summed E-state index contributed by atoms with van der Waals surface area (Å²) in [7, 11) is 0. The first-order chi connectivity index (χ1) is 10.8. The van der Waals surface area contributed by atoms with E-state index in [2.05, 4.69) is 0 Å². The van der Waals surface area contributed by atoms with Crippen molar-refractivity contribution in [1.29, 1.82) is 0 Å². The lowest BCUT2D eigenvalue weighted by molar-refractivity contribution is -0.144. The lowest BCUT2D eigenvalue weighted by atomic mass is 10.0. The molecule has 23 heavy (non-hydrogen) atoms. The Labute approximate surface area is 136 Å². The van der Waals surface area contributed by atoms with Crippen LogP contribution in [-0.2, 0) is 9.53 Å². The molecule has 1 aromatic carbocycles. The molecule has 126 valence electrons. The average Bonchev–Trinajstić information content (AvgIpc) is 2.47. The highest BCUT2D eigenvalue weighted by Gasteiger charge is 2.32. The monoisotopic (exact) mass is 320 g/mol. The van der Waals surface area contributed by atoms with Crippen molar-refractivity contribution in [2.24, 2.45) is 0 Å². The average molecular weight is 320 g/mol. The molecule has 1 aliphatic heterocycles. The van der Waals surface area contributed by atoms with E-state index in [1.807, 2.05) is 56.0 Å². The number of hydrogen-bond acceptors (Lipinski definition) is 4. The molecule has 1 aromatic rings. The van der Waals surface area contributed by atoms with E-state index in [1.54, 1.807) is 4.90 Å². The second kappa shape index (κ2) is 7.00. The summed E-state index contributed by atoms with van der Waals surface area (Å²) in [6.07, 6.45) is -0.344. The van der Waals surface area contributed by atoms with Gasteiger partial charge in [0.15, 0.2) is 0 Å². The first kappa shape index (κ1) is 17.3. The molecular formula is C17H24N2O4. The van der Waals surface area contributed by atoms with Crippen LogP contribution in [0.5, 0.6) is 0 Å². The maximum absolute atomic E-state index is 12.1. The molecule has 1 aliphatic rings. The van der Waals surface area contributed by atoms with Gasteiger partial charge in [-0.2, -0.15) is 0 Å². The van der Waals surface area contributed by atoms with Crippen LogP contribution in [-0.4, -0.2) is 58.7 Å². The van der Waals surface area contributed by atoms with Crippen LogP contribution < -0.4 is 0 Å². The Morgan fingerprint density at radius 3 is 2.13 bits per heavy atom. The molecule has 0 saturated carbocycles. The number of nitrogens with zero attached hydrogens (tertiary/aromatic N) is 2. The molecule has 1 fully saturated rings. The van der Waals surface area contributed by atoms with Gasteiger partial charge in [0.05, 0.1) is 0 Å². The molecular weight excluding hydrogens is 296 g/mol. The SMILES string of the molecule is CC(C)(C)OC(=O)N1CCN(C(C(=O)O)c2ccccc2)CC1. The summed E-state index contributed by atoms with van der Waals surface area (Å²) in [5, 5.41) is 9.56. The topological polar surface area (TPSA) is 70.1 Å². The Balaban J connectivity index is 2.00. The van der Waals surface area contributed by atoms with E-state index in [4.69, 9.17) is 4.74 Å². The van der Waals surface area contributed by atoms with Crippen LogP contribution in [0.2, 0.25) is 0 Å². The molecule has 1 atom stereocenters. The minimum absolute atomic E-state index is 0.344. The van der Waals surface area contributed by atoms with Gasteiger partial charge in [-0.25, -0.2) is 4.79 Å². The number of piperazine rings is 1. The van der Waals surface area contributed by atoms with Crippen LogP contribution in [0.4, 0.5) is 4.79 Å². The van der Waals surface area contributed by atoms with Crippen molar-refractivity contribution < 1.29 is 19.4 Å².